The van der Waals surface area contributed by atoms with E-state index in [9.17, 15) is 9.90 Å². The standard InChI is InChI=1S/C16H24N2O3/c1-11(18-9-12(2)21-13(3)10-18)8-17-16(20)14-6-4-5-7-15(14)19/h4-7,11-13,19H,8-10H2,1-3H3,(H,17,20)/t11-,12-,13-/m1/s1. The molecule has 0 aliphatic carbocycles. The Morgan fingerprint density at radius 1 is 1.38 bits per heavy atom. The molecule has 0 aromatic heterocycles. The van der Waals surface area contributed by atoms with Gasteiger partial charge in [0.1, 0.15) is 5.75 Å². The van der Waals surface area contributed by atoms with Crippen LogP contribution < -0.4 is 5.32 Å². The highest BCUT2D eigenvalue weighted by atomic mass is 16.5. The van der Waals surface area contributed by atoms with Crippen LogP contribution in [0.2, 0.25) is 0 Å². The van der Waals surface area contributed by atoms with Gasteiger partial charge in [-0.05, 0) is 32.9 Å². The Morgan fingerprint density at radius 3 is 2.62 bits per heavy atom. The minimum atomic E-state index is -0.241. The maximum absolute atomic E-state index is 12.1. The molecule has 0 radical (unpaired) electrons. The van der Waals surface area contributed by atoms with Gasteiger partial charge in [0.15, 0.2) is 0 Å². The summed E-state index contributed by atoms with van der Waals surface area (Å²) in [5.74, 6) is -0.231. The lowest BCUT2D eigenvalue weighted by atomic mass is 10.1. The third-order valence-corrected chi connectivity index (χ3v) is 3.78. The molecule has 1 fully saturated rings. The molecule has 1 heterocycles. The first-order valence-electron chi connectivity index (χ1n) is 7.43. The Hall–Kier alpha value is -1.59. The summed E-state index contributed by atoms with van der Waals surface area (Å²) in [7, 11) is 0. The number of para-hydroxylation sites is 1. The number of carbonyl (C=O) groups excluding carboxylic acids is 1. The minimum Gasteiger partial charge on any atom is -0.507 e. The third kappa shape index (κ3) is 4.19. The van der Waals surface area contributed by atoms with E-state index in [4.69, 9.17) is 4.74 Å². The molecule has 116 valence electrons. The van der Waals surface area contributed by atoms with Gasteiger partial charge < -0.3 is 15.2 Å². The molecule has 1 aliphatic rings. The molecule has 1 aliphatic heterocycles. The van der Waals surface area contributed by atoms with Gasteiger partial charge in [-0.15, -0.1) is 0 Å². The molecular weight excluding hydrogens is 268 g/mol. The Kier molecular flexibility index (Phi) is 5.20. The van der Waals surface area contributed by atoms with E-state index in [1.165, 1.54) is 6.07 Å². The molecule has 2 N–H and O–H groups in total. The highest BCUT2D eigenvalue weighted by Gasteiger charge is 2.26. The molecule has 0 saturated carbocycles. The molecule has 0 bridgehead atoms. The quantitative estimate of drug-likeness (QED) is 0.885. The van der Waals surface area contributed by atoms with Crippen LogP contribution in [0.15, 0.2) is 24.3 Å². The number of nitrogens with zero attached hydrogens (tertiary/aromatic N) is 1. The molecule has 5 nitrogen and oxygen atoms in total. The Morgan fingerprint density at radius 2 is 2.00 bits per heavy atom. The van der Waals surface area contributed by atoms with Gasteiger partial charge in [-0.3, -0.25) is 9.69 Å². The van der Waals surface area contributed by atoms with E-state index in [-0.39, 0.29) is 29.9 Å². The Balaban J connectivity index is 1.87. The summed E-state index contributed by atoms with van der Waals surface area (Å²) in [5.41, 5.74) is 0.313. The number of phenols is 1. The molecule has 2 rings (SSSR count). The van der Waals surface area contributed by atoms with Crippen molar-refractivity contribution >= 4 is 5.91 Å². The van der Waals surface area contributed by atoms with Gasteiger partial charge in [0.05, 0.1) is 17.8 Å². The second-order valence-corrected chi connectivity index (χ2v) is 5.79. The summed E-state index contributed by atoms with van der Waals surface area (Å²) in [6.07, 6.45) is 0.426. The zero-order valence-corrected chi connectivity index (χ0v) is 12.9. The van der Waals surface area contributed by atoms with Gasteiger partial charge in [0.25, 0.3) is 5.91 Å². The van der Waals surface area contributed by atoms with Crippen LogP contribution in [-0.2, 0) is 4.74 Å². The van der Waals surface area contributed by atoms with Crippen LogP contribution in [0.4, 0.5) is 0 Å². The van der Waals surface area contributed by atoms with Crippen LogP contribution in [0, 0.1) is 0 Å². The predicted molar refractivity (Wildman–Crippen MR) is 81.5 cm³/mol. The topological polar surface area (TPSA) is 61.8 Å². The maximum Gasteiger partial charge on any atom is 0.255 e. The monoisotopic (exact) mass is 292 g/mol. The zero-order valence-electron chi connectivity index (χ0n) is 12.9. The molecule has 0 spiro atoms. The average molecular weight is 292 g/mol. The summed E-state index contributed by atoms with van der Waals surface area (Å²) in [5, 5.41) is 12.6. The second-order valence-electron chi connectivity index (χ2n) is 5.79. The first kappa shape index (κ1) is 15.8. The van der Waals surface area contributed by atoms with Crippen molar-refractivity contribution in [2.24, 2.45) is 0 Å². The van der Waals surface area contributed by atoms with E-state index in [0.717, 1.165) is 13.1 Å². The number of carbonyl (C=O) groups is 1. The average Bonchev–Trinajstić information content (AvgIpc) is 2.43. The molecular formula is C16H24N2O3. The lowest BCUT2D eigenvalue weighted by Crippen LogP contribution is -2.52. The molecule has 0 unspecified atom stereocenters. The number of rotatable bonds is 4. The Labute approximate surface area is 125 Å². The van der Waals surface area contributed by atoms with E-state index in [1.807, 2.05) is 0 Å². The number of morpholine rings is 1. The van der Waals surface area contributed by atoms with Crippen LogP contribution in [0.5, 0.6) is 5.75 Å². The molecule has 3 atom stereocenters. The SMILES string of the molecule is C[C@@H]1CN([C@H](C)CNC(=O)c2ccccc2O)C[C@@H](C)O1. The zero-order chi connectivity index (χ0) is 15.4. The van der Waals surface area contributed by atoms with Crippen molar-refractivity contribution in [1.29, 1.82) is 0 Å². The number of hydrogen-bond donors (Lipinski definition) is 2. The van der Waals surface area contributed by atoms with Gasteiger partial charge in [-0.1, -0.05) is 12.1 Å². The highest BCUT2D eigenvalue weighted by Crippen LogP contribution is 2.16. The molecule has 1 aromatic rings. The van der Waals surface area contributed by atoms with Crippen LogP contribution in [0.25, 0.3) is 0 Å². The fourth-order valence-corrected chi connectivity index (χ4v) is 2.71. The van der Waals surface area contributed by atoms with Crippen molar-refractivity contribution in [2.45, 2.75) is 39.0 Å². The summed E-state index contributed by atoms with van der Waals surface area (Å²) >= 11 is 0. The van der Waals surface area contributed by atoms with Crippen molar-refractivity contribution < 1.29 is 14.6 Å². The van der Waals surface area contributed by atoms with Crippen LogP contribution >= 0.6 is 0 Å². The number of phenolic OH excluding ortho intramolecular Hbond substituents is 1. The summed E-state index contributed by atoms with van der Waals surface area (Å²) in [6.45, 7) is 8.52. The van der Waals surface area contributed by atoms with Crippen molar-refractivity contribution in [3.8, 4) is 5.75 Å². The van der Waals surface area contributed by atoms with Gasteiger partial charge in [-0.2, -0.15) is 0 Å². The van der Waals surface area contributed by atoms with Gasteiger partial charge in [0, 0.05) is 25.7 Å². The number of ether oxygens (including phenoxy) is 1. The summed E-state index contributed by atoms with van der Waals surface area (Å²) in [4.78, 5) is 14.4. The first-order chi connectivity index (χ1) is 9.97. The van der Waals surface area contributed by atoms with E-state index >= 15 is 0 Å². The van der Waals surface area contributed by atoms with Crippen LogP contribution in [-0.4, -0.2) is 53.8 Å². The molecule has 5 heteroatoms. The fraction of sp³-hybridized carbons (Fsp3) is 0.562. The predicted octanol–water partition coefficient (Wildman–Crippen LogP) is 1.62. The van der Waals surface area contributed by atoms with E-state index in [1.54, 1.807) is 18.2 Å². The number of amides is 1. The second kappa shape index (κ2) is 6.91. The van der Waals surface area contributed by atoms with Crippen molar-refractivity contribution in [1.82, 2.24) is 10.2 Å². The largest absolute Gasteiger partial charge is 0.507 e. The van der Waals surface area contributed by atoms with Crippen molar-refractivity contribution in [3.05, 3.63) is 29.8 Å². The number of benzene rings is 1. The van der Waals surface area contributed by atoms with Gasteiger partial charge in [-0.25, -0.2) is 0 Å². The third-order valence-electron chi connectivity index (χ3n) is 3.78. The normalized spacial score (nSPS) is 24.5. The molecule has 1 aromatic carbocycles. The smallest absolute Gasteiger partial charge is 0.255 e. The van der Waals surface area contributed by atoms with E-state index < -0.39 is 0 Å². The fourth-order valence-electron chi connectivity index (χ4n) is 2.71. The van der Waals surface area contributed by atoms with Crippen LogP contribution in [0.1, 0.15) is 31.1 Å². The van der Waals surface area contributed by atoms with Gasteiger partial charge >= 0.3 is 0 Å². The number of aromatic hydroxyl groups is 1. The molecule has 1 saturated heterocycles. The van der Waals surface area contributed by atoms with E-state index in [2.05, 4.69) is 31.0 Å². The van der Waals surface area contributed by atoms with E-state index in [0.29, 0.717) is 12.1 Å². The lowest BCUT2D eigenvalue weighted by Gasteiger charge is -2.39. The molecule has 21 heavy (non-hydrogen) atoms. The lowest BCUT2D eigenvalue weighted by molar-refractivity contribution is -0.0778. The first-order valence-corrected chi connectivity index (χ1v) is 7.43. The highest BCUT2D eigenvalue weighted by molar-refractivity contribution is 5.96. The number of nitrogens with one attached hydrogen (secondary N) is 1. The van der Waals surface area contributed by atoms with Crippen LogP contribution in [0.3, 0.4) is 0 Å². The van der Waals surface area contributed by atoms with Crippen molar-refractivity contribution in [3.63, 3.8) is 0 Å². The minimum absolute atomic E-state index is 0.0104. The van der Waals surface area contributed by atoms with Crippen molar-refractivity contribution in [2.75, 3.05) is 19.6 Å². The molecule has 1 amide bonds. The summed E-state index contributed by atoms with van der Waals surface area (Å²) in [6, 6.07) is 6.81. The summed E-state index contributed by atoms with van der Waals surface area (Å²) < 4.78 is 5.72. The maximum atomic E-state index is 12.1. The Bertz CT molecular complexity index is 482. The van der Waals surface area contributed by atoms with Gasteiger partial charge in [0.2, 0.25) is 0 Å². The number of hydrogen-bond acceptors (Lipinski definition) is 4.